The molecule has 0 N–H and O–H groups in total. The Labute approximate surface area is 127 Å². The first-order valence-corrected chi connectivity index (χ1v) is 7.54. The molecule has 1 aromatic heterocycles. The molecule has 2 heterocycles. The Hall–Kier alpha value is -1.33. The van der Waals surface area contributed by atoms with E-state index in [-0.39, 0.29) is 0 Å². The van der Waals surface area contributed by atoms with Crippen LogP contribution in [0.15, 0.2) is 28.9 Å². The third kappa shape index (κ3) is 2.74. The van der Waals surface area contributed by atoms with Gasteiger partial charge in [0.05, 0.1) is 5.69 Å². The van der Waals surface area contributed by atoms with Gasteiger partial charge in [0, 0.05) is 19.6 Å². The molecule has 0 fully saturated rings. The number of nitrogens with zero attached hydrogens (tertiary/aromatic N) is 3. The molecule has 0 unspecified atom stereocenters. The largest absolute Gasteiger partial charge is 0.486 e. The van der Waals surface area contributed by atoms with Crippen LogP contribution in [0.1, 0.15) is 17.1 Å². The van der Waals surface area contributed by atoms with Crippen molar-refractivity contribution in [2.45, 2.75) is 26.6 Å². The first kappa shape index (κ1) is 13.6. The maximum absolute atomic E-state index is 5.84. The third-order valence-electron chi connectivity index (χ3n) is 3.62. The van der Waals surface area contributed by atoms with Crippen LogP contribution in [-0.4, -0.2) is 28.0 Å². The molecule has 1 aliphatic rings. The zero-order valence-electron chi connectivity index (χ0n) is 11.8. The number of hydrogen-bond acceptors (Lipinski definition) is 3. The molecule has 1 aliphatic heterocycles. The number of likely N-dealkylation sites (N-methyl/N-ethyl adjacent to an activating group) is 1. The average molecular weight is 336 g/mol. The van der Waals surface area contributed by atoms with Crippen molar-refractivity contribution in [3.8, 4) is 5.75 Å². The Bertz CT molecular complexity index is 606. The van der Waals surface area contributed by atoms with Crippen molar-refractivity contribution in [3.63, 3.8) is 0 Å². The van der Waals surface area contributed by atoms with Gasteiger partial charge >= 0.3 is 0 Å². The zero-order chi connectivity index (χ0) is 14.1. The molecule has 4 nitrogen and oxygen atoms in total. The smallest absolute Gasteiger partial charge is 0.148 e. The van der Waals surface area contributed by atoms with Crippen LogP contribution in [-0.2, 0) is 19.7 Å². The number of fused-ring (bicyclic) bond motifs is 1. The topological polar surface area (TPSA) is 30.3 Å². The predicted octanol–water partition coefficient (Wildman–Crippen LogP) is 2.98. The van der Waals surface area contributed by atoms with Crippen LogP contribution >= 0.6 is 15.9 Å². The van der Waals surface area contributed by atoms with Crippen LogP contribution in [0.4, 0.5) is 0 Å². The summed E-state index contributed by atoms with van der Waals surface area (Å²) in [6.07, 6.45) is 0. The number of hydrogen-bond donors (Lipinski definition) is 0. The summed E-state index contributed by atoms with van der Waals surface area (Å²) in [5, 5.41) is 0. The predicted molar refractivity (Wildman–Crippen MR) is 81.8 cm³/mol. The van der Waals surface area contributed by atoms with Crippen LogP contribution in [0.5, 0.6) is 5.75 Å². The summed E-state index contributed by atoms with van der Waals surface area (Å²) in [5.74, 6) is 1.87. The second-order valence-electron chi connectivity index (χ2n) is 5.26. The summed E-state index contributed by atoms with van der Waals surface area (Å²) in [4.78, 5) is 6.89. The molecule has 0 bridgehead atoms. The zero-order valence-corrected chi connectivity index (χ0v) is 13.4. The van der Waals surface area contributed by atoms with Gasteiger partial charge in [-0.15, -0.1) is 0 Å². The Balaban J connectivity index is 1.75. The molecule has 2 aromatic rings. The minimum atomic E-state index is 0.505. The third-order valence-corrected chi connectivity index (χ3v) is 4.25. The number of aromatic nitrogens is 2. The van der Waals surface area contributed by atoms with E-state index in [1.54, 1.807) is 0 Å². The fourth-order valence-corrected chi connectivity index (χ4v) is 2.96. The fourth-order valence-electron chi connectivity index (χ4n) is 2.42. The summed E-state index contributed by atoms with van der Waals surface area (Å²) in [6.45, 7) is 5.52. The van der Waals surface area contributed by atoms with E-state index >= 15 is 0 Å². The molecule has 0 amide bonds. The summed E-state index contributed by atoms with van der Waals surface area (Å²) in [6, 6.07) is 8.11. The molecule has 0 spiro atoms. The van der Waals surface area contributed by atoms with E-state index < -0.39 is 0 Å². The van der Waals surface area contributed by atoms with Crippen LogP contribution < -0.4 is 4.74 Å². The molecule has 5 heteroatoms. The number of ether oxygens (including phenoxy) is 1. The quantitative estimate of drug-likeness (QED) is 0.863. The molecule has 0 saturated carbocycles. The number of benzene rings is 1. The molecule has 20 heavy (non-hydrogen) atoms. The van der Waals surface area contributed by atoms with E-state index in [4.69, 9.17) is 4.74 Å². The van der Waals surface area contributed by atoms with Crippen LogP contribution in [0.2, 0.25) is 0 Å². The molecule has 0 saturated heterocycles. The molecule has 0 aliphatic carbocycles. The maximum Gasteiger partial charge on any atom is 0.148 e. The minimum absolute atomic E-state index is 0.505. The van der Waals surface area contributed by atoms with Crippen molar-refractivity contribution < 1.29 is 4.74 Å². The summed E-state index contributed by atoms with van der Waals surface area (Å²) >= 11 is 3.55. The molecule has 0 radical (unpaired) electrons. The van der Waals surface area contributed by atoms with Crippen molar-refractivity contribution in [3.05, 3.63) is 46.0 Å². The highest BCUT2D eigenvalue weighted by Crippen LogP contribution is 2.23. The average Bonchev–Trinajstić information content (AvgIpc) is 2.74. The van der Waals surface area contributed by atoms with Crippen LogP contribution in [0.3, 0.4) is 0 Å². The van der Waals surface area contributed by atoms with Crippen molar-refractivity contribution in [2.75, 3.05) is 13.6 Å². The van der Waals surface area contributed by atoms with Gasteiger partial charge in [-0.25, -0.2) is 4.98 Å². The first-order chi connectivity index (χ1) is 9.63. The van der Waals surface area contributed by atoms with E-state index in [0.717, 1.165) is 35.8 Å². The summed E-state index contributed by atoms with van der Waals surface area (Å²) in [7, 11) is 2.13. The van der Waals surface area contributed by atoms with E-state index in [2.05, 4.69) is 56.5 Å². The molecular weight excluding hydrogens is 318 g/mol. The molecule has 1 aromatic carbocycles. The lowest BCUT2D eigenvalue weighted by molar-refractivity contribution is 0.248. The number of rotatable bonds is 3. The second kappa shape index (κ2) is 5.58. The number of aryl methyl sites for hydroxylation is 1. The fraction of sp³-hybridized carbons (Fsp3) is 0.400. The van der Waals surface area contributed by atoms with Gasteiger partial charge in [0.2, 0.25) is 0 Å². The van der Waals surface area contributed by atoms with Gasteiger partial charge in [0.15, 0.2) is 0 Å². The van der Waals surface area contributed by atoms with Gasteiger partial charge in [-0.2, -0.15) is 0 Å². The normalized spacial score (nSPS) is 15.2. The lowest BCUT2D eigenvalue weighted by atomic mass is 10.2. The van der Waals surface area contributed by atoms with Crippen LogP contribution in [0, 0.1) is 6.92 Å². The van der Waals surface area contributed by atoms with E-state index in [0.29, 0.717) is 6.61 Å². The van der Waals surface area contributed by atoms with Gasteiger partial charge in [-0.05, 0) is 42.0 Å². The van der Waals surface area contributed by atoms with E-state index in [1.807, 2.05) is 12.1 Å². The van der Waals surface area contributed by atoms with Gasteiger partial charge in [-0.3, -0.25) is 4.90 Å². The van der Waals surface area contributed by atoms with Crippen molar-refractivity contribution >= 4 is 15.9 Å². The molecule has 106 valence electrons. The van der Waals surface area contributed by atoms with Gasteiger partial charge in [0.25, 0.3) is 0 Å². The minimum Gasteiger partial charge on any atom is -0.486 e. The first-order valence-electron chi connectivity index (χ1n) is 6.75. The Morgan fingerprint density at radius 2 is 2.00 bits per heavy atom. The summed E-state index contributed by atoms with van der Waals surface area (Å²) < 4.78 is 9.03. The Kier molecular flexibility index (Phi) is 3.81. The molecule has 3 rings (SSSR count). The standard InChI is InChI=1S/C15H18BrN3O/c1-11-3-5-12(6-4-11)20-10-14-17-15(16)13-9-18(2)7-8-19(13)14/h3-6H,7-10H2,1-2H3. The maximum atomic E-state index is 5.84. The highest BCUT2D eigenvalue weighted by Gasteiger charge is 2.21. The van der Waals surface area contributed by atoms with Crippen LogP contribution in [0.25, 0.3) is 0 Å². The SMILES string of the molecule is Cc1ccc(OCc2nc(Br)c3n2CCN(C)C3)cc1. The van der Waals surface area contributed by atoms with Gasteiger partial charge in [-0.1, -0.05) is 17.7 Å². The Morgan fingerprint density at radius 3 is 2.75 bits per heavy atom. The molecule has 0 atom stereocenters. The number of imidazole rings is 1. The summed E-state index contributed by atoms with van der Waals surface area (Å²) in [5.41, 5.74) is 2.47. The van der Waals surface area contributed by atoms with Crippen molar-refractivity contribution in [2.24, 2.45) is 0 Å². The van der Waals surface area contributed by atoms with Gasteiger partial charge in [0.1, 0.15) is 22.8 Å². The lowest BCUT2D eigenvalue weighted by Crippen LogP contribution is -2.31. The van der Waals surface area contributed by atoms with E-state index in [1.165, 1.54) is 11.3 Å². The van der Waals surface area contributed by atoms with Crippen molar-refractivity contribution in [1.29, 1.82) is 0 Å². The Morgan fingerprint density at radius 1 is 1.25 bits per heavy atom. The highest BCUT2D eigenvalue weighted by atomic mass is 79.9. The van der Waals surface area contributed by atoms with E-state index in [9.17, 15) is 0 Å². The monoisotopic (exact) mass is 335 g/mol. The lowest BCUT2D eigenvalue weighted by Gasteiger charge is -2.25. The molecular formula is C15H18BrN3O. The number of halogens is 1. The highest BCUT2D eigenvalue weighted by molar-refractivity contribution is 9.10. The van der Waals surface area contributed by atoms with Crippen molar-refractivity contribution in [1.82, 2.24) is 14.5 Å². The van der Waals surface area contributed by atoms with Gasteiger partial charge < -0.3 is 9.30 Å². The second-order valence-corrected chi connectivity index (χ2v) is 6.01.